The molecule has 0 radical (unpaired) electrons. The van der Waals surface area contributed by atoms with Crippen LogP contribution in [-0.4, -0.2) is 13.1 Å². The summed E-state index contributed by atoms with van der Waals surface area (Å²) in [6.07, 6.45) is 5.02. The topological polar surface area (TPSA) is 12.0 Å². The Bertz CT molecular complexity index is 349. The summed E-state index contributed by atoms with van der Waals surface area (Å²) in [7, 11) is 0. The third-order valence-electron chi connectivity index (χ3n) is 3.54. The summed E-state index contributed by atoms with van der Waals surface area (Å²) in [5.74, 6) is 1.50. The molecule has 1 N–H and O–H groups in total. The van der Waals surface area contributed by atoms with Gasteiger partial charge in [0, 0.05) is 5.02 Å². The monoisotopic (exact) mass is 281 g/mol. The summed E-state index contributed by atoms with van der Waals surface area (Å²) >= 11 is 6.27. The zero-order valence-corrected chi connectivity index (χ0v) is 13.3. The van der Waals surface area contributed by atoms with Gasteiger partial charge in [0.25, 0.3) is 0 Å². The molecule has 19 heavy (non-hydrogen) atoms. The average Bonchev–Trinajstić information content (AvgIpc) is 2.37. The molecule has 1 rings (SSSR count). The summed E-state index contributed by atoms with van der Waals surface area (Å²) in [6.45, 7) is 8.91. The van der Waals surface area contributed by atoms with E-state index in [0.717, 1.165) is 30.5 Å². The second-order valence-electron chi connectivity index (χ2n) is 5.79. The quantitative estimate of drug-likeness (QED) is 0.676. The van der Waals surface area contributed by atoms with E-state index in [2.05, 4.69) is 38.2 Å². The Kier molecular flexibility index (Phi) is 8.16. The fourth-order valence-electron chi connectivity index (χ4n) is 2.41. The number of hydrogen-bond acceptors (Lipinski definition) is 1. The molecule has 1 nitrogen and oxygen atoms in total. The Hall–Kier alpha value is -0.530. The molecule has 0 bridgehead atoms. The maximum Gasteiger partial charge on any atom is 0.0438 e. The van der Waals surface area contributed by atoms with Crippen LogP contribution in [0.5, 0.6) is 0 Å². The molecule has 0 aliphatic heterocycles. The van der Waals surface area contributed by atoms with Crippen molar-refractivity contribution in [2.45, 2.75) is 46.5 Å². The van der Waals surface area contributed by atoms with Gasteiger partial charge in [-0.2, -0.15) is 0 Å². The second kappa shape index (κ2) is 9.39. The molecule has 0 aliphatic carbocycles. The number of hydrogen-bond donors (Lipinski definition) is 1. The minimum Gasteiger partial charge on any atom is -0.317 e. The smallest absolute Gasteiger partial charge is 0.0438 e. The van der Waals surface area contributed by atoms with Crippen molar-refractivity contribution in [3.8, 4) is 0 Å². The molecule has 0 saturated carbocycles. The molecule has 1 aromatic rings. The zero-order valence-electron chi connectivity index (χ0n) is 12.6. The Balaban J connectivity index is 2.51. The van der Waals surface area contributed by atoms with Gasteiger partial charge >= 0.3 is 0 Å². The average molecular weight is 282 g/mol. The van der Waals surface area contributed by atoms with Gasteiger partial charge in [0.15, 0.2) is 0 Å². The van der Waals surface area contributed by atoms with Crippen molar-refractivity contribution in [2.24, 2.45) is 11.8 Å². The van der Waals surface area contributed by atoms with Gasteiger partial charge in [-0.05, 0) is 49.4 Å². The highest BCUT2D eigenvalue weighted by Crippen LogP contribution is 2.22. The Morgan fingerprint density at radius 1 is 1.16 bits per heavy atom. The summed E-state index contributed by atoms with van der Waals surface area (Å²) in [5, 5.41) is 4.39. The lowest BCUT2D eigenvalue weighted by Gasteiger charge is -2.18. The third-order valence-corrected chi connectivity index (χ3v) is 3.91. The maximum atomic E-state index is 6.27. The van der Waals surface area contributed by atoms with Crippen LogP contribution in [0, 0.1) is 11.8 Å². The van der Waals surface area contributed by atoms with Gasteiger partial charge in [0.05, 0.1) is 0 Å². The SMILES string of the molecule is CCNCC(CCCC(C)C)Cc1ccccc1Cl. The predicted octanol–water partition coefficient (Wildman–Crippen LogP) is 4.93. The van der Waals surface area contributed by atoms with Crippen LogP contribution in [-0.2, 0) is 6.42 Å². The second-order valence-corrected chi connectivity index (χ2v) is 6.20. The molecule has 0 fully saturated rings. The lowest BCUT2D eigenvalue weighted by molar-refractivity contribution is 0.410. The number of nitrogens with one attached hydrogen (secondary N) is 1. The van der Waals surface area contributed by atoms with E-state index in [1.165, 1.54) is 24.8 Å². The van der Waals surface area contributed by atoms with Gasteiger partial charge in [-0.1, -0.05) is 63.4 Å². The minimum atomic E-state index is 0.693. The first kappa shape index (κ1) is 16.5. The van der Waals surface area contributed by atoms with Gasteiger partial charge in [0.2, 0.25) is 0 Å². The molecule has 0 aliphatic rings. The van der Waals surface area contributed by atoms with Crippen molar-refractivity contribution < 1.29 is 0 Å². The van der Waals surface area contributed by atoms with Gasteiger partial charge in [-0.3, -0.25) is 0 Å². The van der Waals surface area contributed by atoms with Gasteiger partial charge in [0.1, 0.15) is 0 Å². The number of benzene rings is 1. The van der Waals surface area contributed by atoms with Crippen molar-refractivity contribution in [3.63, 3.8) is 0 Å². The van der Waals surface area contributed by atoms with Crippen molar-refractivity contribution in [2.75, 3.05) is 13.1 Å². The molecular formula is C17H28ClN. The molecule has 1 aromatic carbocycles. The predicted molar refractivity (Wildman–Crippen MR) is 85.9 cm³/mol. The number of rotatable bonds is 9. The highest BCUT2D eigenvalue weighted by atomic mass is 35.5. The molecule has 0 heterocycles. The van der Waals surface area contributed by atoms with Crippen LogP contribution in [0.1, 0.15) is 45.6 Å². The Morgan fingerprint density at radius 2 is 1.89 bits per heavy atom. The minimum absolute atomic E-state index is 0.693. The summed E-state index contributed by atoms with van der Waals surface area (Å²) in [5.41, 5.74) is 1.29. The van der Waals surface area contributed by atoms with Gasteiger partial charge in [-0.15, -0.1) is 0 Å². The van der Waals surface area contributed by atoms with Gasteiger partial charge in [-0.25, -0.2) is 0 Å². The molecule has 0 amide bonds. The van der Waals surface area contributed by atoms with Gasteiger partial charge < -0.3 is 5.32 Å². The highest BCUT2D eigenvalue weighted by Gasteiger charge is 2.11. The lowest BCUT2D eigenvalue weighted by atomic mass is 9.92. The third kappa shape index (κ3) is 6.98. The van der Waals surface area contributed by atoms with E-state index in [1.54, 1.807) is 0 Å². The van der Waals surface area contributed by atoms with Crippen molar-refractivity contribution in [1.82, 2.24) is 5.32 Å². The largest absolute Gasteiger partial charge is 0.317 e. The summed E-state index contributed by atoms with van der Waals surface area (Å²) < 4.78 is 0. The van der Waals surface area contributed by atoms with Crippen molar-refractivity contribution in [1.29, 1.82) is 0 Å². The molecule has 2 heteroatoms. The molecule has 0 aromatic heterocycles. The summed E-state index contributed by atoms with van der Waals surface area (Å²) in [6, 6.07) is 8.24. The zero-order chi connectivity index (χ0) is 14.1. The van der Waals surface area contributed by atoms with E-state index in [0.29, 0.717) is 5.92 Å². The maximum absolute atomic E-state index is 6.27. The summed E-state index contributed by atoms with van der Waals surface area (Å²) in [4.78, 5) is 0. The molecule has 1 unspecified atom stereocenters. The number of halogens is 1. The van der Waals surface area contributed by atoms with Crippen LogP contribution in [0.25, 0.3) is 0 Å². The molecular weight excluding hydrogens is 254 g/mol. The van der Waals surface area contributed by atoms with E-state index in [4.69, 9.17) is 11.6 Å². The molecule has 0 saturated heterocycles. The molecule has 0 spiro atoms. The van der Waals surface area contributed by atoms with Crippen LogP contribution in [0.2, 0.25) is 5.02 Å². The Labute approximate surface area is 123 Å². The van der Waals surface area contributed by atoms with Crippen LogP contribution in [0.3, 0.4) is 0 Å². The fraction of sp³-hybridized carbons (Fsp3) is 0.647. The lowest BCUT2D eigenvalue weighted by Crippen LogP contribution is -2.24. The molecule has 1 atom stereocenters. The first-order valence-electron chi connectivity index (χ1n) is 7.57. The van der Waals surface area contributed by atoms with E-state index in [-0.39, 0.29) is 0 Å². The normalized spacial score (nSPS) is 12.9. The fourth-order valence-corrected chi connectivity index (χ4v) is 2.63. The first-order valence-corrected chi connectivity index (χ1v) is 7.95. The van der Waals surface area contributed by atoms with E-state index in [1.807, 2.05) is 12.1 Å². The van der Waals surface area contributed by atoms with E-state index in [9.17, 15) is 0 Å². The van der Waals surface area contributed by atoms with Crippen LogP contribution >= 0.6 is 11.6 Å². The van der Waals surface area contributed by atoms with Crippen molar-refractivity contribution in [3.05, 3.63) is 34.9 Å². The standard InChI is InChI=1S/C17H28ClN/c1-4-19-13-15(9-7-8-14(2)3)12-16-10-5-6-11-17(16)18/h5-6,10-11,14-15,19H,4,7-9,12-13H2,1-3H3. The van der Waals surface area contributed by atoms with Crippen molar-refractivity contribution >= 4 is 11.6 Å². The van der Waals surface area contributed by atoms with Crippen LogP contribution in [0.15, 0.2) is 24.3 Å². The highest BCUT2D eigenvalue weighted by molar-refractivity contribution is 6.31. The Morgan fingerprint density at radius 3 is 2.53 bits per heavy atom. The van der Waals surface area contributed by atoms with E-state index >= 15 is 0 Å². The van der Waals surface area contributed by atoms with E-state index < -0.39 is 0 Å². The first-order chi connectivity index (χ1) is 9.13. The molecule has 108 valence electrons. The van der Waals surface area contributed by atoms with Crippen LogP contribution < -0.4 is 5.32 Å². The van der Waals surface area contributed by atoms with Crippen LogP contribution in [0.4, 0.5) is 0 Å².